The second-order valence-corrected chi connectivity index (χ2v) is 5.09. The van der Waals surface area contributed by atoms with Crippen molar-refractivity contribution in [1.29, 1.82) is 0 Å². The number of nitrogens with zero attached hydrogens (tertiary/aromatic N) is 2. The second kappa shape index (κ2) is 6.30. The number of H-pyrrole nitrogens is 1. The Bertz CT molecular complexity index is 596. The maximum atomic E-state index is 11.6. The number of hydrogen-bond acceptors (Lipinski definition) is 3. The van der Waals surface area contributed by atoms with Gasteiger partial charge in [0.25, 0.3) is 0 Å². The highest BCUT2D eigenvalue weighted by atomic mass is 16.2. The summed E-state index contributed by atoms with van der Waals surface area (Å²) >= 11 is 0. The van der Waals surface area contributed by atoms with E-state index in [1.807, 2.05) is 0 Å². The zero-order valence-electron chi connectivity index (χ0n) is 11.8. The van der Waals surface area contributed by atoms with Gasteiger partial charge < -0.3 is 15.5 Å². The van der Waals surface area contributed by atoms with Gasteiger partial charge in [-0.3, -0.25) is 5.10 Å². The molecule has 0 saturated heterocycles. The lowest BCUT2D eigenvalue weighted by Gasteiger charge is -2.19. The fraction of sp³-hybridized carbons (Fsp3) is 0.333. The molecule has 0 saturated carbocycles. The molecule has 1 aliphatic rings. The molecule has 21 heavy (non-hydrogen) atoms. The first kappa shape index (κ1) is 13.5. The molecule has 0 aliphatic carbocycles. The van der Waals surface area contributed by atoms with Crippen LogP contribution >= 0.6 is 0 Å². The van der Waals surface area contributed by atoms with E-state index in [1.165, 1.54) is 11.3 Å². The van der Waals surface area contributed by atoms with Crippen LogP contribution in [0.2, 0.25) is 0 Å². The van der Waals surface area contributed by atoms with Crippen molar-refractivity contribution in [3.05, 3.63) is 42.2 Å². The van der Waals surface area contributed by atoms with E-state index in [0.717, 1.165) is 25.9 Å². The lowest BCUT2D eigenvalue weighted by Crippen LogP contribution is -2.32. The van der Waals surface area contributed by atoms with Crippen LogP contribution in [0.4, 0.5) is 16.2 Å². The topological polar surface area (TPSA) is 73.1 Å². The molecule has 6 heteroatoms. The molecule has 0 unspecified atom stereocenters. The van der Waals surface area contributed by atoms with Gasteiger partial charge in [-0.25, -0.2) is 4.79 Å². The molecule has 3 rings (SSSR count). The summed E-state index contributed by atoms with van der Waals surface area (Å²) in [6.07, 6.45) is 5.25. The van der Waals surface area contributed by atoms with E-state index >= 15 is 0 Å². The highest BCUT2D eigenvalue weighted by molar-refractivity contribution is 5.88. The van der Waals surface area contributed by atoms with Gasteiger partial charge in [0.15, 0.2) is 0 Å². The standard InChI is InChI=1S/C15H19N5O/c21-15(19-13-10-17-18-11-13)16-7-3-8-20-9-6-12-4-1-2-5-14(12)20/h1-2,4-5,10-11H,3,6-9H2,(H,17,18)(H2,16,19,21). The number of hydrogen-bond donors (Lipinski definition) is 3. The Hall–Kier alpha value is -2.50. The summed E-state index contributed by atoms with van der Waals surface area (Å²) in [6.45, 7) is 2.69. The minimum atomic E-state index is -0.196. The normalized spacial score (nSPS) is 13.0. The van der Waals surface area contributed by atoms with Gasteiger partial charge in [-0.05, 0) is 24.5 Å². The molecule has 1 aromatic heterocycles. The van der Waals surface area contributed by atoms with Gasteiger partial charge in [0, 0.05) is 31.5 Å². The van der Waals surface area contributed by atoms with Crippen molar-refractivity contribution in [2.75, 3.05) is 29.9 Å². The van der Waals surface area contributed by atoms with Gasteiger partial charge in [0.1, 0.15) is 0 Å². The number of anilines is 2. The second-order valence-electron chi connectivity index (χ2n) is 5.09. The van der Waals surface area contributed by atoms with E-state index in [4.69, 9.17) is 0 Å². The molecule has 2 aromatic rings. The molecule has 6 nitrogen and oxygen atoms in total. The summed E-state index contributed by atoms with van der Waals surface area (Å²) in [7, 11) is 0. The van der Waals surface area contributed by atoms with Crippen molar-refractivity contribution in [3.63, 3.8) is 0 Å². The molecular weight excluding hydrogens is 266 g/mol. The Morgan fingerprint density at radius 1 is 1.38 bits per heavy atom. The molecule has 0 atom stereocenters. The van der Waals surface area contributed by atoms with E-state index in [1.54, 1.807) is 12.4 Å². The minimum Gasteiger partial charge on any atom is -0.371 e. The van der Waals surface area contributed by atoms with E-state index in [2.05, 4.69) is 50.0 Å². The third-order valence-electron chi connectivity index (χ3n) is 3.63. The summed E-state index contributed by atoms with van der Waals surface area (Å²) in [6, 6.07) is 8.32. The molecule has 2 amide bonds. The third-order valence-corrected chi connectivity index (χ3v) is 3.63. The smallest absolute Gasteiger partial charge is 0.319 e. The first-order valence-electron chi connectivity index (χ1n) is 7.19. The zero-order chi connectivity index (χ0) is 14.5. The highest BCUT2D eigenvalue weighted by Crippen LogP contribution is 2.27. The van der Waals surface area contributed by atoms with E-state index < -0.39 is 0 Å². The monoisotopic (exact) mass is 285 g/mol. The number of benzene rings is 1. The lowest BCUT2D eigenvalue weighted by atomic mass is 10.2. The van der Waals surface area contributed by atoms with Crippen LogP contribution in [0, 0.1) is 0 Å². The quantitative estimate of drug-likeness (QED) is 0.736. The van der Waals surface area contributed by atoms with E-state index in [0.29, 0.717) is 12.2 Å². The Labute approximate surface area is 123 Å². The summed E-state index contributed by atoms with van der Waals surface area (Å²) in [5, 5.41) is 12.0. The van der Waals surface area contributed by atoms with Crippen molar-refractivity contribution in [1.82, 2.24) is 15.5 Å². The summed E-state index contributed by atoms with van der Waals surface area (Å²) in [5.41, 5.74) is 3.42. The van der Waals surface area contributed by atoms with Crippen LogP contribution in [0.5, 0.6) is 0 Å². The van der Waals surface area contributed by atoms with E-state index in [-0.39, 0.29) is 6.03 Å². The molecule has 1 aliphatic heterocycles. The van der Waals surface area contributed by atoms with E-state index in [9.17, 15) is 4.79 Å². The van der Waals surface area contributed by atoms with Crippen LogP contribution in [0.15, 0.2) is 36.7 Å². The van der Waals surface area contributed by atoms with Crippen molar-refractivity contribution in [2.45, 2.75) is 12.8 Å². The van der Waals surface area contributed by atoms with Gasteiger partial charge in [-0.15, -0.1) is 0 Å². The zero-order valence-corrected chi connectivity index (χ0v) is 11.8. The number of fused-ring (bicyclic) bond motifs is 1. The maximum Gasteiger partial charge on any atom is 0.319 e. The van der Waals surface area contributed by atoms with Crippen molar-refractivity contribution < 1.29 is 4.79 Å². The number of urea groups is 1. The Balaban J connectivity index is 1.38. The Kier molecular flexibility index (Phi) is 4.04. The van der Waals surface area contributed by atoms with Gasteiger partial charge in [-0.2, -0.15) is 5.10 Å². The predicted octanol–water partition coefficient (Wildman–Crippen LogP) is 1.98. The van der Waals surface area contributed by atoms with Crippen LogP contribution in [0.3, 0.4) is 0 Å². The largest absolute Gasteiger partial charge is 0.371 e. The lowest BCUT2D eigenvalue weighted by molar-refractivity contribution is 0.252. The van der Waals surface area contributed by atoms with Gasteiger partial charge in [-0.1, -0.05) is 18.2 Å². The van der Waals surface area contributed by atoms with Crippen LogP contribution in [0.1, 0.15) is 12.0 Å². The summed E-state index contributed by atoms with van der Waals surface area (Å²) < 4.78 is 0. The number of aromatic nitrogens is 2. The first-order chi connectivity index (χ1) is 10.3. The van der Waals surface area contributed by atoms with Gasteiger partial charge in [0.05, 0.1) is 11.9 Å². The number of aromatic amines is 1. The number of carbonyl (C=O) groups is 1. The Morgan fingerprint density at radius 3 is 3.14 bits per heavy atom. The average molecular weight is 285 g/mol. The minimum absolute atomic E-state index is 0.196. The van der Waals surface area contributed by atoms with Crippen LogP contribution in [-0.4, -0.2) is 35.9 Å². The van der Waals surface area contributed by atoms with Crippen molar-refractivity contribution in [3.8, 4) is 0 Å². The molecular formula is C15H19N5O. The van der Waals surface area contributed by atoms with Crippen LogP contribution < -0.4 is 15.5 Å². The average Bonchev–Trinajstić information content (AvgIpc) is 3.13. The summed E-state index contributed by atoms with van der Waals surface area (Å²) in [4.78, 5) is 14.0. The molecule has 0 fully saturated rings. The van der Waals surface area contributed by atoms with Crippen molar-refractivity contribution in [2.24, 2.45) is 0 Å². The van der Waals surface area contributed by atoms with Crippen LogP contribution in [-0.2, 0) is 6.42 Å². The first-order valence-corrected chi connectivity index (χ1v) is 7.19. The fourth-order valence-corrected chi connectivity index (χ4v) is 2.61. The maximum absolute atomic E-state index is 11.6. The number of carbonyl (C=O) groups excluding carboxylic acids is 1. The van der Waals surface area contributed by atoms with Crippen LogP contribution in [0.25, 0.3) is 0 Å². The fourth-order valence-electron chi connectivity index (χ4n) is 2.61. The molecule has 0 bridgehead atoms. The number of rotatable bonds is 5. The molecule has 2 heterocycles. The van der Waals surface area contributed by atoms with Gasteiger partial charge in [0.2, 0.25) is 0 Å². The van der Waals surface area contributed by atoms with Crippen molar-refractivity contribution >= 4 is 17.4 Å². The molecule has 1 aromatic carbocycles. The third kappa shape index (κ3) is 3.34. The molecule has 110 valence electrons. The summed E-state index contributed by atoms with van der Waals surface area (Å²) in [5.74, 6) is 0. The molecule has 0 spiro atoms. The SMILES string of the molecule is O=C(NCCCN1CCc2ccccc21)Nc1cn[nH]c1. The number of para-hydroxylation sites is 1. The van der Waals surface area contributed by atoms with Gasteiger partial charge >= 0.3 is 6.03 Å². The number of nitrogens with one attached hydrogen (secondary N) is 3. The highest BCUT2D eigenvalue weighted by Gasteiger charge is 2.17. The predicted molar refractivity (Wildman–Crippen MR) is 82.6 cm³/mol. The Morgan fingerprint density at radius 2 is 2.29 bits per heavy atom. The molecule has 3 N–H and O–H groups in total. The number of amides is 2. The molecule has 0 radical (unpaired) electrons.